The quantitative estimate of drug-likeness (QED) is 0.890. The summed E-state index contributed by atoms with van der Waals surface area (Å²) < 4.78 is 5.51. The molecule has 1 aliphatic heterocycles. The van der Waals surface area contributed by atoms with E-state index in [0.29, 0.717) is 13.1 Å². The number of urea groups is 1. The molecule has 5 nitrogen and oxygen atoms in total. The van der Waals surface area contributed by atoms with E-state index in [1.54, 1.807) is 7.11 Å². The zero-order valence-corrected chi connectivity index (χ0v) is 12.2. The summed E-state index contributed by atoms with van der Waals surface area (Å²) in [5.74, 6) is 0. The largest absolute Gasteiger partial charge is 0.377 e. The first-order valence-electron chi connectivity index (χ1n) is 6.96. The maximum absolute atomic E-state index is 12.3. The van der Waals surface area contributed by atoms with Gasteiger partial charge in [-0.1, -0.05) is 12.1 Å². The Morgan fingerprint density at radius 1 is 1.55 bits per heavy atom. The first kappa shape index (κ1) is 14.8. The maximum Gasteiger partial charge on any atom is 0.321 e. The lowest BCUT2D eigenvalue weighted by atomic mass is 9.95. The lowest BCUT2D eigenvalue weighted by molar-refractivity contribution is -0.0389. The SMILES string of the molecule is COC1(C)CCCN(C(=O)Nc2cccc(CN)c2)C1. The van der Waals surface area contributed by atoms with E-state index in [1.807, 2.05) is 36.1 Å². The number of rotatable bonds is 3. The summed E-state index contributed by atoms with van der Waals surface area (Å²) in [6.45, 7) is 3.89. The minimum atomic E-state index is -0.241. The first-order valence-corrected chi connectivity index (χ1v) is 6.96. The third-order valence-electron chi connectivity index (χ3n) is 3.85. The Labute approximate surface area is 120 Å². The molecule has 0 aliphatic carbocycles. The average Bonchev–Trinajstić information content (AvgIpc) is 2.47. The standard InChI is InChI=1S/C15H23N3O2/c1-15(20-2)7-4-8-18(11-15)14(19)17-13-6-3-5-12(9-13)10-16/h3,5-6,9H,4,7-8,10-11,16H2,1-2H3,(H,17,19). The van der Waals surface area contributed by atoms with Crippen molar-refractivity contribution in [2.24, 2.45) is 5.73 Å². The fourth-order valence-electron chi connectivity index (χ4n) is 2.52. The molecule has 5 heteroatoms. The number of amides is 2. The second-order valence-corrected chi connectivity index (χ2v) is 5.51. The Hall–Kier alpha value is -1.59. The van der Waals surface area contributed by atoms with Crippen molar-refractivity contribution < 1.29 is 9.53 Å². The summed E-state index contributed by atoms with van der Waals surface area (Å²) in [6.07, 6.45) is 1.94. The van der Waals surface area contributed by atoms with Gasteiger partial charge in [-0.25, -0.2) is 4.79 Å². The summed E-state index contributed by atoms with van der Waals surface area (Å²) in [5, 5.41) is 2.92. The number of ether oxygens (including phenoxy) is 1. The van der Waals surface area contributed by atoms with Crippen molar-refractivity contribution in [1.82, 2.24) is 4.90 Å². The minimum Gasteiger partial charge on any atom is -0.377 e. The number of carbonyl (C=O) groups excluding carboxylic acids is 1. The molecule has 1 aliphatic rings. The van der Waals surface area contributed by atoms with E-state index in [0.717, 1.165) is 30.6 Å². The van der Waals surface area contributed by atoms with Crippen LogP contribution in [-0.4, -0.2) is 36.7 Å². The zero-order valence-electron chi connectivity index (χ0n) is 12.2. The third-order valence-corrected chi connectivity index (χ3v) is 3.85. The van der Waals surface area contributed by atoms with E-state index in [1.165, 1.54) is 0 Å². The zero-order chi connectivity index (χ0) is 14.6. The smallest absolute Gasteiger partial charge is 0.321 e. The van der Waals surface area contributed by atoms with Gasteiger partial charge in [-0.05, 0) is 37.5 Å². The Morgan fingerprint density at radius 2 is 2.35 bits per heavy atom. The molecule has 0 bridgehead atoms. The Balaban J connectivity index is 2.00. The number of nitrogens with two attached hydrogens (primary N) is 1. The number of hydrogen-bond donors (Lipinski definition) is 2. The minimum absolute atomic E-state index is 0.0813. The Bertz CT molecular complexity index is 478. The van der Waals surface area contributed by atoms with Crippen LogP contribution in [0.5, 0.6) is 0 Å². The second-order valence-electron chi connectivity index (χ2n) is 5.51. The van der Waals surface area contributed by atoms with Gasteiger partial charge in [-0.3, -0.25) is 0 Å². The molecule has 2 rings (SSSR count). The molecule has 0 radical (unpaired) electrons. The number of benzene rings is 1. The van der Waals surface area contributed by atoms with Gasteiger partial charge in [0, 0.05) is 25.9 Å². The molecule has 2 amide bonds. The molecule has 0 aromatic heterocycles. The van der Waals surface area contributed by atoms with E-state index in [2.05, 4.69) is 5.32 Å². The fraction of sp³-hybridized carbons (Fsp3) is 0.533. The van der Waals surface area contributed by atoms with Gasteiger partial charge in [-0.2, -0.15) is 0 Å². The van der Waals surface area contributed by atoms with E-state index in [4.69, 9.17) is 10.5 Å². The van der Waals surface area contributed by atoms with Crippen LogP contribution in [0.3, 0.4) is 0 Å². The van der Waals surface area contributed by atoms with Crippen LogP contribution in [-0.2, 0) is 11.3 Å². The molecule has 1 unspecified atom stereocenters. The maximum atomic E-state index is 12.3. The van der Waals surface area contributed by atoms with Crippen LogP contribution in [0.1, 0.15) is 25.3 Å². The molecule has 1 saturated heterocycles. The molecule has 3 N–H and O–H groups in total. The highest BCUT2D eigenvalue weighted by Crippen LogP contribution is 2.24. The molecule has 0 saturated carbocycles. The van der Waals surface area contributed by atoms with Crippen LogP contribution in [0.25, 0.3) is 0 Å². The number of piperidine rings is 1. The predicted octanol–water partition coefficient (Wildman–Crippen LogP) is 2.18. The van der Waals surface area contributed by atoms with Crippen molar-refractivity contribution in [2.45, 2.75) is 31.9 Å². The molecule has 20 heavy (non-hydrogen) atoms. The van der Waals surface area contributed by atoms with Crippen molar-refractivity contribution in [1.29, 1.82) is 0 Å². The van der Waals surface area contributed by atoms with Gasteiger partial charge >= 0.3 is 6.03 Å². The van der Waals surface area contributed by atoms with E-state index in [9.17, 15) is 4.79 Å². The van der Waals surface area contributed by atoms with Crippen LogP contribution >= 0.6 is 0 Å². The first-order chi connectivity index (χ1) is 9.56. The Kier molecular flexibility index (Phi) is 4.62. The van der Waals surface area contributed by atoms with Crippen LogP contribution < -0.4 is 11.1 Å². The van der Waals surface area contributed by atoms with Crippen LogP contribution in [0, 0.1) is 0 Å². The summed E-state index contributed by atoms with van der Waals surface area (Å²) in [4.78, 5) is 14.1. The summed E-state index contributed by atoms with van der Waals surface area (Å²) in [6, 6.07) is 7.53. The van der Waals surface area contributed by atoms with Gasteiger partial charge in [0.05, 0.1) is 12.1 Å². The van der Waals surface area contributed by atoms with Gasteiger partial charge in [-0.15, -0.1) is 0 Å². The predicted molar refractivity (Wildman–Crippen MR) is 79.6 cm³/mol. The van der Waals surface area contributed by atoms with Crippen LogP contribution in [0.2, 0.25) is 0 Å². The fourth-order valence-corrected chi connectivity index (χ4v) is 2.52. The number of hydrogen-bond acceptors (Lipinski definition) is 3. The van der Waals surface area contributed by atoms with Crippen LogP contribution in [0.4, 0.5) is 10.5 Å². The number of methoxy groups -OCH3 is 1. The number of carbonyl (C=O) groups is 1. The number of nitrogens with one attached hydrogen (secondary N) is 1. The van der Waals surface area contributed by atoms with Crippen molar-refractivity contribution in [3.8, 4) is 0 Å². The van der Waals surface area contributed by atoms with E-state index < -0.39 is 0 Å². The average molecular weight is 277 g/mol. The van der Waals surface area contributed by atoms with E-state index >= 15 is 0 Å². The van der Waals surface area contributed by atoms with Gasteiger partial charge < -0.3 is 20.7 Å². The van der Waals surface area contributed by atoms with Gasteiger partial charge in [0.25, 0.3) is 0 Å². The summed E-state index contributed by atoms with van der Waals surface area (Å²) in [5.41, 5.74) is 7.15. The third kappa shape index (κ3) is 3.49. The van der Waals surface area contributed by atoms with Crippen molar-refractivity contribution in [3.63, 3.8) is 0 Å². The van der Waals surface area contributed by atoms with Gasteiger partial charge in [0.1, 0.15) is 0 Å². The molecule has 0 spiro atoms. The lowest BCUT2D eigenvalue weighted by Gasteiger charge is -2.39. The molecule has 1 fully saturated rings. The highest BCUT2D eigenvalue weighted by atomic mass is 16.5. The molecule has 1 aromatic rings. The second kappa shape index (κ2) is 6.24. The molecular weight excluding hydrogens is 254 g/mol. The van der Waals surface area contributed by atoms with Gasteiger partial charge in [0.2, 0.25) is 0 Å². The normalized spacial score (nSPS) is 22.6. The van der Waals surface area contributed by atoms with Crippen molar-refractivity contribution in [2.75, 3.05) is 25.5 Å². The summed E-state index contributed by atoms with van der Waals surface area (Å²) >= 11 is 0. The molecule has 1 atom stereocenters. The highest BCUT2D eigenvalue weighted by Gasteiger charge is 2.32. The van der Waals surface area contributed by atoms with Crippen molar-refractivity contribution in [3.05, 3.63) is 29.8 Å². The summed E-state index contributed by atoms with van der Waals surface area (Å²) in [7, 11) is 1.70. The highest BCUT2D eigenvalue weighted by molar-refractivity contribution is 5.89. The van der Waals surface area contributed by atoms with Crippen LogP contribution in [0.15, 0.2) is 24.3 Å². The molecular formula is C15H23N3O2. The van der Waals surface area contributed by atoms with Crippen molar-refractivity contribution >= 4 is 11.7 Å². The molecule has 1 aromatic carbocycles. The monoisotopic (exact) mass is 277 g/mol. The van der Waals surface area contributed by atoms with Gasteiger partial charge in [0.15, 0.2) is 0 Å². The van der Waals surface area contributed by atoms with E-state index in [-0.39, 0.29) is 11.6 Å². The number of nitrogens with zero attached hydrogens (tertiary/aromatic N) is 1. The topological polar surface area (TPSA) is 67.6 Å². The molecule has 110 valence electrons. The Morgan fingerprint density at radius 3 is 3.05 bits per heavy atom. The molecule has 1 heterocycles. The number of anilines is 1. The lowest BCUT2D eigenvalue weighted by Crippen LogP contribution is -2.50. The number of likely N-dealkylation sites (tertiary alicyclic amines) is 1.